The molecule has 24 heavy (non-hydrogen) atoms. The van der Waals surface area contributed by atoms with Crippen molar-refractivity contribution in [1.29, 1.82) is 10.5 Å². The maximum absolute atomic E-state index is 12.1. The second kappa shape index (κ2) is 8.38. The van der Waals surface area contributed by atoms with Crippen molar-refractivity contribution in [1.82, 2.24) is 0 Å². The van der Waals surface area contributed by atoms with Gasteiger partial charge >= 0.3 is 0 Å². The first-order chi connectivity index (χ1) is 11.6. The van der Waals surface area contributed by atoms with Gasteiger partial charge in [0, 0.05) is 10.7 Å². The van der Waals surface area contributed by atoms with E-state index in [0.29, 0.717) is 22.0 Å². The van der Waals surface area contributed by atoms with Gasteiger partial charge in [-0.2, -0.15) is 10.5 Å². The van der Waals surface area contributed by atoms with Gasteiger partial charge in [-0.25, -0.2) is 0 Å². The van der Waals surface area contributed by atoms with Crippen LogP contribution in [0.5, 0.6) is 5.75 Å². The van der Waals surface area contributed by atoms with Crippen molar-refractivity contribution in [2.24, 2.45) is 0 Å². The summed E-state index contributed by atoms with van der Waals surface area (Å²) in [4.78, 5) is 12.1. The standard InChI is InChI=1S/C18H12ClN3O2/c19-15-3-5-16(6-4-15)22-18(23)14(12-21)11-13-1-7-17(8-2-13)24-10-9-20/h1-8,11H,10H2,(H,22,23)/b14-11+. The molecule has 5 nitrogen and oxygen atoms in total. The van der Waals surface area contributed by atoms with E-state index in [1.165, 1.54) is 6.08 Å². The molecule has 118 valence electrons. The second-order valence-electron chi connectivity index (χ2n) is 4.65. The minimum Gasteiger partial charge on any atom is -0.479 e. The number of ether oxygens (including phenoxy) is 1. The number of carbonyl (C=O) groups excluding carboxylic acids is 1. The van der Waals surface area contributed by atoms with Gasteiger partial charge in [0.2, 0.25) is 0 Å². The van der Waals surface area contributed by atoms with Crippen LogP contribution in [0, 0.1) is 22.7 Å². The highest BCUT2D eigenvalue weighted by atomic mass is 35.5. The van der Waals surface area contributed by atoms with Gasteiger partial charge in [-0.3, -0.25) is 4.79 Å². The average Bonchev–Trinajstić information content (AvgIpc) is 2.60. The van der Waals surface area contributed by atoms with Crippen molar-refractivity contribution in [3.05, 3.63) is 64.7 Å². The molecule has 1 amide bonds. The molecule has 6 heteroatoms. The Hall–Kier alpha value is -3.28. The molecule has 2 rings (SSSR count). The van der Waals surface area contributed by atoms with Gasteiger partial charge < -0.3 is 10.1 Å². The molecule has 0 saturated heterocycles. The molecular weight excluding hydrogens is 326 g/mol. The normalized spacial score (nSPS) is 10.4. The van der Waals surface area contributed by atoms with Gasteiger partial charge in [0.25, 0.3) is 5.91 Å². The van der Waals surface area contributed by atoms with E-state index < -0.39 is 5.91 Å². The zero-order valence-electron chi connectivity index (χ0n) is 12.5. The fourth-order valence-corrected chi connectivity index (χ4v) is 1.95. The number of nitrogens with one attached hydrogen (secondary N) is 1. The van der Waals surface area contributed by atoms with E-state index >= 15 is 0 Å². The molecule has 0 unspecified atom stereocenters. The number of nitriles is 2. The van der Waals surface area contributed by atoms with Crippen LogP contribution in [0.1, 0.15) is 5.56 Å². The van der Waals surface area contributed by atoms with Gasteiger partial charge in [0.15, 0.2) is 6.61 Å². The number of amides is 1. The van der Waals surface area contributed by atoms with Crippen LogP contribution in [0.3, 0.4) is 0 Å². The summed E-state index contributed by atoms with van der Waals surface area (Å²) in [7, 11) is 0. The predicted octanol–water partition coefficient (Wildman–Crippen LogP) is 3.79. The first-order valence-electron chi connectivity index (χ1n) is 6.91. The van der Waals surface area contributed by atoms with Crippen molar-refractivity contribution in [2.75, 3.05) is 11.9 Å². The van der Waals surface area contributed by atoms with E-state index in [9.17, 15) is 10.1 Å². The minimum atomic E-state index is -0.510. The molecule has 0 fully saturated rings. The molecular formula is C18H12ClN3O2. The summed E-state index contributed by atoms with van der Waals surface area (Å²) < 4.78 is 5.14. The smallest absolute Gasteiger partial charge is 0.266 e. The number of halogens is 1. The number of rotatable bonds is 5. The lowest BCUT2D eigenvalue weighted by Crippen LogP contribution is -2.13. The highest BCUT2D eigenvalue weighted by molar-refractivity contribution is 6.30. The van der Waals surface area contributed by atoms with Crippen molar-refractivity contribution in [3.8, 4) is 17.9 Å². The predicted molar refractivity (Wildman–Crippen MR) is 91.2 cm³/mol. The Labute approximate surface area is 144 Å². The van der Waals surface area contributed by atoms with Crippen LogP contribution in [0.4, 0.5) is 5.69 Å². The van der Waals surface area contributed by atoms with E-state index in [1.54, 1.807) is 48.5 Å². The van der Waals surface area contributed by atoms with Crippen LogP contribution in [0.15, 0.2) is 54.1 Å². The van der Waals surface area contributed by atoms with E-state index in [-0.39, 0.29) is 12.2 Å². The quantitative estimate of drug-likeness (QED) is 0.664. The third-order valence-electron chi connectivity index (χ3n) is 2.96. The molecule has 0 radical (unpaired) electrons. The maximum atomic E-state index is 12.1. The Kier molecular flexibility index (Phi) is 5.96. The minimum absolute atomic E-state index is 0.0318. The molecule has 1 N–H and O–H groups in total. The van der Waals surface area contributed by atoms with Gasteiger partial charge in [0.05, 0.1) is 0 Å². The molecule has 0 aliphatic carbocycles. The molecule has 0 aliphatic rings. The van der Waals surface area contributed by atoms with E-state index in [1.807, 2.05) is 12.1 Å². The Morgan fingerprint density at radius 1 is 1.12 bits per heavy atom. The Bertz CT molecular complexity index is 829. The fourth-order valence-electron chi connectivity index (χ4n) is 1.82. The van der Waals surface area contributed by atoms with Gasteiger partial charge in [-0.1, -0.05) is 23.7 Å². The van der Waals surface area contributed by atoms with E-state index in [4.69, 9.17) is 21.6 Å². The third kappa shape index (κ3) is 4.88. The molecule has 0 spiro atoms. The number of nitrogens with zero attached hydrogens (tertiary/aromatic N) is 2. The van der Waals surface area contributed by atoms with Crippen molar-refractivity contribution >= 4 is 29.3 Å². The maximum Gasteiger partial charge on any atom is 0.266 e. The average molecular weight is 338 g/mol. The highest BCUT2D eigenvalue weighted by Gasteiger charge is 2.09. The lowest BCUT2D eigenvalue weighted by atomic mass is 10.1. The number of hydrogen-bond acceptors (Lipinski definition) is 4. The molecule has 0 saturated carbocycles. The summed E-state index contributed by atoms with van der Waals surface area (Å²) in [6.45, 7) is -0.0396. The third-order valence-corrected chi connectivity index (χ3v) is 3.21. The molecule has 0 heterocycles. The van der Waals surface area contributed by atoms with Crippen LogP contribution in [-0.2, 0) is 4.79 Å². The lowest BCUT2D eigenvalue weighted by Gasteiger charge is -2.05. The number of carbonyl (C=O) groups is 1. The molecule has 2 aromatic rings. The SMILES string of the molecule is N#CCOc1ccc(/C=C(\C#N)C(=O)Nc2ccc(Cl)cc2)cc1. The zero-order valence-corrected chi connectivity index (χ0v) is 13.2. The Morgan fingerprint density at radius 2 is 1.79 bits per heavy atom. The molecule has 0 atom stereocenters. The molecule has 0 aliphatic heterocycles. The first kappa shape index (κ1) is 17.1. The lowest BCUT2D eigenvalue weighted by molar-refractivity contribution is -0.112. The van der Waals surface area contributed by atoms with Crippen LogP contribution in [-0.4, -0.2) is 12.5 Å². The summed E-state index contributed by atoms with van der Waals surface area (Å²) in [6, 6.07) is 17.1. The molecule has 0 bridgehead atoms. The zero-order chi connectivity index (χ0) is 17.4. The number of hydrogen-bond donors (Lipinski definition) is 1. The summed E-state index contributed by atoms with van der Waals surface area (Å²) in [6.07, 6.45) is 1.47. The number of anilines is 1. The largest absolute Gasteiger partial charge is 0.479 e. The van der Waals surface area contributed by atoms with E-state index in [2.05, 4.69) is 5.32 Å². The van der Waals surface area contributed by atoms with Gasteiger partial charge in [-0.15, -0.1) is 0 Å². The van der Waals surface area contributed by atoms with Gasteiger partial charge in [-0.05, 0) is 48.0 Å². The summed E-state index contributed by atoms with van der Waals surface area (Å²) in [5.74, 6) is 0.0300. The first-order valence-corrected chi connectivity index (χ1v) is 7.28. The number of benzene rings is 2. The topological polar surface area (TPSA) is 85.9 Å². The van der Waals surface area contributed by atoms with Crippen LogP contribution in [0.2, 0.25) is 5.02 Å². The monoisotopic (exact) mass is 337 g/mol. The fraction of sp³-hybridized carbons (Fsp3) is 0.0556. The van der Waals surface area contributed by atoms with Crippen LogP contribution < -0.4 is 10.1 Å². The van der Waals surface area contributed by atoms with Crippen molar-refractivity contribution in [2.45, 2.75) is 0 Å². The summed E-state index contributed by atoms with van der Waals surface area (Å²) in [5, 5.41) is 20.8. The summed E-state index contributed by atoms with van der Waals surface area (Å²) in [5.41, 5.74) is 1.18. The van der Waals surface area contributed by atoms with Gasteiger partial charge in [0.1, 0.15) is 23.5 Å². The van der Waals surface area contributed by atoms with E-state index in [0.717, 1.165) is 0 Å². The second-order valence-corrected chi connectivity index (χ2v) is 5.08. The van der Waals surface area contributed by atoms with Crippen LogP contribution >= 0.6 is 11.6 Å². The summed E-state index contributed by atoms with van der Waals surface area (Å²) >= 11 is 5.79. The van der Waals surface area contributed by atoms with Crippen molar-refractivity contribution in [3.63, 3.8) is 0 Å². The Morgan fingerprint density at radius 3 is 2.38 bits per heavy atom. The molecule has 0 aromatic heterocycles. The Balaban J connectivity index is 2.10. The highest BCUT2D eigenvalue weighted by Crippen LogP contribution is 2.17. The molecule has 2 aromatic carbocycles. The van der Waals surface area contributed by atoms with Crippen molar-refractivity contribution < 1.29 is 9.53 Å². The van der Waals surface area contributed by atoms with Crippen LogP contribution in [0.25, 0.3) is 6.08 Å².